The number of para-hydroxylation sites is 1. The van der Waals surface area contributed by atoms with E-state index in [1.807, 2.05) is 23.1 Å². The van der Waals surface area contributed by atoms with Gasteiger partial charge >= 0.3 is 6.03 Å². The van der Waals surface area contributed by atoms with Crippen molar-refractivity contribution < 1.29 is 14.3 Å². The van der Waals surface area contributed by atoms with Crippen molar-refractivity contribution in [2.75, 3.05) is 43.2 Å². The van der Waals surface area contributed by atoms with Gasteiger partial charge < -0.3 is 24.6 Å². The number of benzene rings is 2. The normalized spacial score (nSPS) is 15.6. The topological polar surface area (TPSA) is 54.0 Å². The molecule has 0 bridgehead atoms. The van der Waals surface area contributed by atoms with Crippen LogP contribution in [-0.2, 0) is 12.8 Å². The molecular formula is C22H27N3O3. The standard InChI is InChI=1S/C22H27N3O3/c1-3-16-6-5-7-17(4-2)21(16)23-22(26)25-12-10-24(11-13-25)18-8-9-19-20(14-18)28-15-27-19/h5-9,14H,3-4,10-13,15H2,1-2H3,(H,23,26). The summed E-state index contributed by atoms with van der Waals surface area (Å²) < 4.78 is 10.9. The summed E-state index contributed by atoms with van der Waals surface area (Å²) in [7, 11) is 0. The number of piperazine rings is 1. The zero-order valence-electron chi connectivity index (χ0n) is 16.5. The van der Waals surface area contributed by atoms with Crippen LogP contribution in [0.2, 0.25) is 0 Å². The van der Waals surface area contributed by atoms with Crippen molar-refractivity contribution in [2.24, 2.45) is 0 Å². The Balaban J connectivity index is 1.40. The Morgan fingerprint density at radius 2 is 1.64 bits per heavy atom. The van der Waals surface area contributed by atoms with Gasteiger partial charge in [0, 0.05) is 43.6 Å². The Labute approximate surface area is 166 Å². The molecule has 1 saturated heterocycles. The van der Waals surface area contributed by atoms with Gasteiger partial charge in [-0.2, -0.15) is 0 Å². The van der Waals surface area contributed by atoms with E-state index in [0.717, 1.165) is 48.8 Å². The second kappa shape index (κ2) is 8.00. The van der Waals surface area contributed by atoms with Gasteiger partial charge in [0.2, 0.25) is 6.79 Å². The maximum atomic E-state index is 12.9. The number of urea groups is 1. The monoisotopic (exact) mass is 381 g/mol. The van der Waals surface area contributed by atoms with Crippen LogP contribution in [0.25, 0.3) is 0 Å². The Hall–Kier alpha value is -2.89. The van der Waals surface area contributed by atoms with Crippen molar-refractivity contribution in [3.8, 4) is 11.5 Å². The first-order chi connectivity index (χ1) is 13.7. The molecule has 0 unspecified atom stereocenters. The van der Waals surface area contributed by atoms with Gasteiger partial charge in [0.15, 0.2) is 11.5 Å². The number of rotatable bonds is 4. The van der Waals surface area contributed by atoms with Crippen LogP contribution in [-0.4, -0.2) is 43.9 Å². The predicted octanol–water partition coefficient (Wildman–Crippen LogP) is 3.89. The van der Waals surface area contributed by atoms with Gasteiger partial charge in [-0.3, -0.25) is 0 Å². The average molecular weight is 381 g/mol. The van der Waals surface area contributed by atoms with E-state index >= 15 is 0 Å². The summed E-state index contributed by atoms with van der Waals surface area (Å²) in [5.74, 6) is 1.59. The van der Waals surface area contributed by atoms with Gasteiger partial charge in [-0.25, -0.2) is 4.79 Å². The highest BCUT2D eigenvalue weighted by molar-refractivity contribution is 5.91. The number of nitrogens with zero attached hydrogens (tertiary/aromatic N) is 2. The molecule has 0 atom stereocenters. The quantitative estimate of drug-likeness (QED) is 0.873. The molecule has 1 N–H and O–H groups in total. The fourth-order valence-corrected chi connectivity index (χ4v) is 3.84. The molecule has 2 aromatic rings. The van der Waals surface area contributed by atoms with E-state index in [1.54, 1.807) is 0 Å². The number of nitrogens with one attached hydrogen (secondary N) is 1. The van der Waals surface area contributed by atoms with E-state index < -0.39 is 0 Å². The molecule has 6 heteroatoms. The van der Waals surface area contributed by atoms with Crippen LogP contribution >= 0.6 is 0 Å². The van der Waals surface area contributed by atoms with Crippen LogP contribution in [0.5, 0.6) is 11.5 Å². The minimum atomic E-state index is -0.0130. The van der Waals surface area contributed by atoms with Crippen molar-refractivity contribution >= 4 is 17.4 Å². The average Bonchev–Trinajstić information content (AvgIpc) is 3.21. The number of aryl methyl sites for hydroxylation is 2. The summed E-state index contributed by atoms with van der Waals surface area (Å²) in [5.41, 5.74) is 4.46. The molecule has 28 heavy (non-hydrogen) atoms. The lowest BCUT2D eigenvalue weighted by molar-refractivity contribution is 0.174. The van der Waals surface area contributed by atoms with Crippen molar-refractivity contribution in [3.63, 3.8) is 0 Å². The highest BCUT2D eigenvalue weighted by Crippen LogP contribution is 2.35. The number of hydrogen-bond acceptors (Lipinski definition) is 4. The summed E-state index contributed by atoms with van der Waals surface area (Å²) in [6.45, 7) is 7.49. The lowest BCUT2D eigenvalue weighted by Crippen LogP contribution is -2.50. The van der Waals surface area contributed by atoms with Crippen LogP contribution in [0.4, 0.5) is 16.2 Å². The van der Waals surface area contributed by atoms with E-state index in [2.05, 4.69) is 42.3 Å². The molecule has 2 heterocycles. The van der Waals surface area contributed by atoms with Crippen LogP contribution < -0.4 is 19.7 Å². The summed E-state index contributed by atoms with van der Waals surface area (Å²) in [5, 5.41) is 3.17. The summed E-state index contributed by atoms with van der Waals surface area (Å²) in [4.78, 5) is 17.0. The Morgan fingerprint density at radius 1 is 0.964 bits per heavy atom. The van der Waals surface area contributed by atoms with Gasteiger partial charge in [-0.05, 0) is 36.1 Å². The highest BCUT2D eigenvalue weighted by Gasteiger charge is 2.24. The van der Waals surface area contributed by atoms with E-state index in [4.69, 9.17) is 9.47 Å². The zero-order valence-corrected chi connectivity index (χ0v) is 16.5. The van der Waals surface area contributed by atoms with Gasteiger partial charge in [0.1, 0.15) is 0 Å². The van der Waals surface area contributed by atoms with Crippen LogP contribution in [0.1, 0.15) is 25.0 Å². The fraction of sp³-hybridized carbons (Fsp3) is 0.409. The number of carbonyl (C=O) groups excluding carboxylic acids is 1. The molecule has 1 fully saturated rings. The van der Waals surface area contributed by atoms with Crippen molar-refractivity contribution in [3.05, 3.63) is 47.5 Å². The molecular weight excluding hydrogens is 354 g/mol. The number of ether oxygens (including phenoxy) is 2. The zero-order chi connectivity index (χ0) is 19.5. The van der Waals surface area contributed by atoms with Crippen molar-refractivity contribution in [1.82, 2.24) is 4.90 Å². The smallest absolute Gasteiger partial charge is 0.321 e. The molecule has 148 valence electrons. The second-order valence-corrected chi connectivity index (χ2v) is 7.10. The third kappa shape index (κ3) is 3.59. The lowest BCUT2D eigenvalue weighted by atomic mass is 10.0. The molecule has 0 saturated carbocycles. The van der Waals surface area contributed by atoms with Gasteiger partial charge in [0.05, 0.1) is 0 Å². The van der Waals surface area contributed by atoms with Crippen molar-refractivity contribution in [2.45, 2.75) is 26.7 Å². The Morgan fingerprint density at radius 3 is 2.32 bits per heavy atom. The third-order valence-corrected chi connectivity index (χ3v) is 5.52. The number of hydrogen-bond donors (Lipinski definition) is 1. The number of fused-ring (bicyclic) bond motifs is 1. The second-order valence-electron chi connectivity index (χ2n) is 7.10. The molecule has 2 aliphatic heterocycles. The molecule has 2 aliphatic rings. The lowest BCUT2D eigenvalue weighted by Gasteiger charge is -2.36. The molecule has 2 amide bonds. The number of anilines is 2. The molecule has 0 radical (unpaired) electrons. The van der Waals surface area contributed by atoms with E-state index in [0.29, 0.717) is 13.1 Å². The Kier molecular flexibility index (Phi) is 5.28. The molecule has 2 aromatic carbocycles. The maximum Gasteiger partial charge on any atom is 0.321 e. The molecule has 0 spiro atoms. The highest BCUT2D eigenvalue weighted by atomic mass is 16.7. The van der Waals surface area contributed by atoms with Gasteiger partial charge in [0.25, 0.3) is 0 Å². The van der Waals surface area contributed by atoms with E-state index in [1.165, 1.54) is 11.1 Å². The minimum Gasteiger partial charge on any atom is -0.454 e. The SMILES string of the molecule is CCc1cccc(CC)c1NC(=O)N1CCN(c2ccc3c(c2)OCO3)CC1. The third-order valence-electron chi connectivity index (χ3n) is 5.52. The number of amides is 2. The van der Waals surface area contributed by atoms with Crippen molar-refractivity contribution in [1.29, 1.82) is 0 Å². The largest absolute Gasteiger partial charge is 0.454 e. The first kappa shape index (κ1) is 18.5. The minimum absolute atomic E-state index is 0.0130. The summed E-state index contributed by atoms with van der Waals surface area (Å²) >= 11 is 0. The van der Waals surface area contributed by atoms with E-state index in [9.17, 15) is 4.79 Å². The van der Waals surface area contributed by atoms with Gasteiger partial charge in [-0.15, -0.1) is 0 Å². The van der Waals surface area contributed by atoms with Gasteiger partial charge in [-0.1, -0.05) is 32.0 Å². The first-order valence-corrected chi connectivity index (χ1v) is 10.0. The summed E-state index contributed by atoms with van der Waals surface area (Å²) in [6.07, 6.45) is 1.81. The van der Waals surface area contributed by atoms with Crippen LogP contribution in [0, 0.1) is 0 Å². The van der Waals surface area contributed by atoms with Crippen LogP contribution in [0.3, 0.4) is 0 Å². The predicted molar refractivity (Wildman–Crippen MR) is 111 cm³/mol. The van der Waals surface area contributed by atoms with Crippen LogP contribution in [0.15, 0.2) is 36.4 Å². The molecule has 0 aliphatic carbocycles. The summed E-state index contributed by atoms with van der Waals surface area (Å²) in [6, 6.07) is 12.2. The number of carbonyl (C=O) groups is 1. The fourth-order valence-electron chi connectivity index (χ4n) is 3.84. The maximum absolute atomic E-state index is 12.9. The van der Waals surface area contributed by atoms with E-state index in [-0.39, 0.29) is 12.8 Å². The molecule has 4 rings (SSSR count). The first-order valence-electron chi connectivity index (χ1n) is 10.0. The molecule has 6 nitrogen and oxygen atoms in total. The Bertz CT molecular complexity index is 838. The molecule has 0 aromatic heterocycles.